The molecule has 0 aliphatic heterocycles. The minimum atomic E-state index is -0.356. The first kappa shape index (κ1) is 14.5. The third-order valence-corrected chi connectivity index (χ3v) is 3.60. The van der Waals surface area contributed by atoms with Gasteiger partial charge in [-0.25, -0.2) is 0 Å². The minimum Gasteiger partial charge on any atom is -0.354 e. The molecule has 0 aromatic carbocycles. The van der Waals surface area contributed by atoms with E-state index in [0.29, 0.717) is 12.5 Å². The summed E-state index contributed by atoms with van der Waals surface area (Å²) < 4.78 is 0. The van der Waals surface area contributed by atoms with Crippen molar-refractivity contribution in [1.82, 2.24) is 5.32 Å². The summed E-state index contributed by atoms with van der Waals surface area (Å²) in [6, 6.07) is -0.356. The normalized spacial score (nSPS) is 18.9. The third-order valence-electron chi connectivity index (χ3n) is 3.60. The molecule has 1 atom stereocenters. The molecule has 1 fully saturated rings. The van der Waals surface area contributed by atoms with E-state index in [2.05, 4.69) is 5.32 Å². The molecule has 0 saturated heterocycles. The van der Waals surface area contributed by atoms with Gasteiger partial charge in [-0.2, -0.15) is 0 Å². The molecule has 5 N–H and O–H groups in total. The highest BCUT2D eigenvalue weighted by atomic mass is 16.2. The van der Waals surface area contributed by atoms with Gasteiger partial charge in [-0.05, 0) is 38.1 Å². The van der Waals surface area contributed by atoms with Gasteiger partial charge in [-0.3, -0.25) is 4.79 Å². The first-order chi connectivity index (χ1) is 8.24. The second-order valence-electron chi connectivity index (χ2n) is 5.14. The smallest absolute Gasteiger partial charge is 0.236 e. The lowest BCUT2D eigenvalue weighted by Crippen LogP contribution is -2.42. The summed E-state index contributed by atoms with van der Waals surface area (Å²) in [7, 11) is 0. The second kappa shape index (κ2) is 8.48. The molecular weight excluding hydrogens is 214 g/mol. The van der Waals surface area contributed by atoms with Crippen molar-refractivity contribution in [1.29, 1.82) is 0 Å². The highest BCUT2D eigenvalue weighted by Crippen LogP contribution is 2.22. The Bertz CT molecular complexity index is 215. The van der Waals surface area contributed by atoms with E-state index < -0.39 is 0 Å². The number of carbonyl (C=O) groups is 1. The van der Waals surface area contributed by atoms with Crippen LogP contribution < -0.4 is 16.8 Å². The van der Waals surface area contributed by atoms with Crippen LogP contribution in [0.3, 0.4) is 0 Å². The van der Waals surface area contributed by atoms with Gasteiger partial charge >= 0.3 is 0 Å². The number of amides is 1. The van der Waals surface area contributed by atoms with E-state index in [9.17, 15) is 4.79 Å². The fourth-order valence-electron chi connectivity index (χ4n) is 2.41. The molecule has 4 nitrogen and oxygen atoms in total. The van der Waals surface area contributed by atoms with Gasteiger partial charge in [0.1, 0.15) is 0 Å². The molecule has 4 heteroatoms. The first-order valence-corrected chi connectivity index (χ1v) is 6.97. The fraction of sp³-hybridized carbons (Fsp3) is 0.923. The molecule has 1 amide bonds. The second-order valence-corrected chi connectivity index (χ2v) is 5.14. The first-order valence-electron chi connectivity index (χ1n) is 6.97. The zero-order valence-corrected chi connectivity index (χ0v) is 10.8. The topological polar surface area (TPSA) is 81.1 Å². The average Bonchev–Trinajstić information content (AvgIpc) is 2.37. The van der Waals surface area contributed by atoms with Crippen LogP contribution in [-0.2, 0) is 4.79 Å². The maximum absolute atomic E-state index is 11.7. The molecular formula is C13H27N3O. The molecule has 17 heavy (non-hydrogen) atoms. The van der Waals surface area contributed by atoms with Crippen molar-refractivity contribution < 1.29 is 4.79 Å². The predicted octanol–water partition coefficient (Wildman–Crippen LogP) is 1.14. The van der Waals surface area contributed by atoms with Crippen LogP contribution in [0.25, 0.3) is 0 Å². The molecule has 1 rings (SSSR count). The van der Waals surface area contributed by atoms with Crippen LogP contribution in [0.5, 0.6) is 0 Å². The van der Waals surface area contributed by atoms with E-state index in [0.717, 1.165) is 25.8 Å². The minimum absolute atomic E-state index is 0.00703. The number of hydrogen-bond donors (Lipinski definition) is 3. The Morgan fingerprint density at radius 3 is 2.59 bits per heavy atom. The van der Waals surface area contributed by atoms with Gasteiger partial charge in [0.15, 0.2) is 0 Å². The van der Waals surface area contributed by atoms with Crippen LogP contribution in [0.15, 0.2) is 0 Å². The number of unbranched alkanes of at least 4 members (excludes halogenated alkanes) is 1. The SMILES string of the molecule is NCCCC[C@H](N)C(=O)NCC1CCCCC1. The molecule has 100 valence electrons. The molecule has 0 unspecified atom stereocenters. The van der Waals surface area contributed by atoms with Gasteiger partial charge in [0.2, 0.25) is 5.91 Å². The summed E-state index contributed by atoms with van der Waals surface area (Å²) in [5.41, 5.74) is 11.2. The number of nitrogens with two attached hydrogens (primary N) is 2. The van der Waals surface area contributed by atoms with Crippen LogP contribution >= 0.6 is 0 Å². The van der Waals surface area contributed by atoms with Crippen LogP contribution in [-0.4, -0.2) is 25.0 Å². The Balaban J connectivity index is 2.10. The van der Waals surface area contributed by atoms with E-state index >= 15 is 0 Å². The van der Waals surface area contributed by atoms with Gasteiger partial charge in [0.25, 0.3) is 0 Å². The Hall–Kier alpha value is -0.610. The van der Waals surface area contributed by atoms with Crippen LogP contribution in [0.4, 0.5) is 0 Å². The van der Waals surface area contributed by atoms with Crippen molar-refractivity contribution in [3.8, 4) is 0 Å². The van der Waals surface area contributed by atoms with Crippen molar-refractivity contribution in [2.75, 3.05) is 13.1 Å². The zero-order valence-electron chi connectivity index (χ0n) is 10.8. The summed E-state index contributed by atoms with van der Waals surface area (Å²) >= 11 is 0. The average molecular weight is 241 g/mol. The Labute approximate surface area is 105 Å². The molecule has 0 bridgehead atoms. The summed E-state index contributed by atoms with van der Waals surface area (Å²) in [6.45, 7) is 1.49. The molecule has 1 aliphatic carbocycles. The molecule has 0 heterocycles. The number of nitrogens with one attached hydrogen (secondary N) is 1. The molecule has 1 aliphatic rings. The van der Waals surface area contributed by atoms with E-state index in [-0.39, 0.29) is 11.9 Å². The van der Waals surface area contributed by atoms with Gasteiger partial charge in [-0.15, -0.1) is 0 Å². The number of carbonyl (C=O) groups excluding carboxylic acids is 1. The maximum atomic E-state index is 11.7. The van der Waals surface area contributed by atoms with Crippen LogP contribution in [0, 0.1) is 5.92 Å². The Kier molecular flexibility index (Phi) is 7.21. The Morgan fingerprint density at radius 1 is 1.24 bits per heavy atom. The van der Waals surface area contributed by atoms with Crippen molar-refractivity contribution in [2.24, 2.45) is 17.4 Å². The van der Waals surface area contributed by atoms with Crippen molar-refractivity contribution in [3.63, 3.8) is 0 Å². The summed E-state index contributed by atoms with van der Waals surface area (Å²) in [5.74, 6) is 0.677. The fourth-order valence-corrected chi connectivity index (χ4v) is 2.41. The summed E-state index contributed by atoms with van der Waals surface area (Å²) in [4.78, 5) is 11.7. The predicted molar refractivity (Wildman–Crippen MR) is 70.5 cm³/mol. The summed E-state index contributed by atoms with van der Waals surface area (Å²) in [6.07, 6.45) is 9.10. The number of rotatable bonds is 7. The largest absolute Gasteiger partial charge is 0.354 e. The zero-order chi connectivity index (χ0) is 12.5. The quantitative estimate of drug-likeness (QED) is 0.585. The Morgan fingerprint density at radius 2 is 1.94 bits per heavy atom. The number of hydrogen-bond acceptors (Lipinski definition) is 3. The molecule has 0 aromatic heterocycles. The lowest BCUT2D eigenvalue weighted by Gasteiger charge is -2.22. The van der Waals surface area contributed by atoms with Gasteiger partial charge < -0.3 is 16.8 Å². The monoisotopic (exact) mass is 241 g/mol. The van der Waals surface area contributed by atoms with Gasteiger partial charge in [0.05, 0.1) is 6.04 Å². The highest BCUT2D eigenvalue weighted by Gasteiger charge is 2.17. The lowest BCUT2D eigenvalue weighted by molar-refractivity contribution is -0.122. The molecule has 0 aromatic rings. The van der Waals surface area contributed by atoms with Crippen molar-refractivity contribution in [3.05, 3.63) is 0 Å². The van der Waals surface area contributed by atoms with Crippen molar-refractivity contribution in [2.45, 2.75) is 57.4 Å². The van der Waals surface area contributed by atoms with Crippen LogP contribution in [0.2, 0.25) is 0 Å². The standard InChI is InChI=1S/C13H27N3O/c14-9-5-4-8-12(15)13(17)16-10-11-6-2-1-3-7-11/h11-12H,1-10,14-15H2,(H,16,17)/t12-/m0/s1. The summed E-state index contributed by atoms with van der Waals surface area (Å²) in [5, 5.41) is 2.98. The maximum Gasteiger partial charge on any atom is 0.236 e. The molecule has 0 spiro atoms. The lowest BCUT2D eigenvalue weighted by atomic mass is 9.89. The van der Waals surface area contributed by atoms with E-state index in [1.165, 1.54) is 32.1 Å². The van der Waals surface area contributed by atoms with E-state index in [4.69, 9.17) is 11.5 Å². The highest BCUT2D eigenvalue weighted by molar-refractivity contribution is 5.81. The van der Waals surface area contributed by atoms with Crippen LogP contribution in [0.1, 0.15) is 51.4 Å². The molecule has 0 radical (unpaired) electrons. The van der Waals surface area contributed by atoms with E-state index in [1.807, 2.05) is 0 Å². The van der Waals surface area contributed by atoms with Gasteiger partial charge in [-0.1, -0.05) is 25.7 Å². The van der Waals surface area contributed by atoms with E-state index in [1.54, 1.807) is 0 Å². The molecule has 1 saturated carbocycles. The van der Waals surface area contributed by atoms with Gasteiger partial charge in [0, 0.05) is 6.54 Å². The third kappa shape index (κ3) is 6.03. The van der Waals surface area contributed by atoms with Crippen molar-refractivity contribution >= 4 is 5.91 Å².